The highest BCUT2D eigenvalue weighted by atomic mass is 19.4. The summed E-state index contributed by atoms with van der Waals surface area (Å²) in [5.41, 5.74) is -0.214. The Morgan fingerprint density at radius 1 is 0.973 bits per heavy atom. The van der Waals surface area contributed by atoms with E-state index in [0.717, 1.165) is 12.3 Å². The third-order valence-corrected chi connectivity index (χ3v) is 5.51. The van der Waals surface area contributed by atoms with Crippen LogP contribution in [0.5, 0.6) is 11.5 Å². The lowest BCUT2D eigenvalue weighted by atomic mass is 10.1. The number of amides is 1. The fourth-order valence-corrected chi connectivity index (χ4v) is 3.62. The van der Waals surface area contributed by atoms with E-state index in [2.05, 4.69) is 20.1 Å². The van der Waals surface area contributed by atoms with Crippen molar-refractivity contribution in [1.82, 2.24) is 19.9 Å². The van der Waals surface area contributed by atoms with E-state index in [1.165, 1.54) is 45.6 Å². The van der Waals surface area contributed by atoms with Gasteiger partial charge in [-0.05, 0) is 42.0 Å². The Bertz CT molecular complexity index is 1470. The maximum Gasteiger partial charge on any atom is 0.433 e. The first-order chi connectivity index (χ1) is 17.7. The monoisotopic (exact) mass is 514 g/mol. The summed E-state index contributed by atoms with van der Waals surface area (Å²) in [7, 11) is 4.11. The van der Waals surface area contributed by atoms with Crippen molar-refractivity contribution < 1.29 is 37.0 Å². The van der Waals surface area contributed by atoms with Crippen LogP contribution in [0.4, 0.5) is 13.2 Å². The predicted octanol–water partition coefficient (Wildman–Crippen LogP) is 4.15. The quantitative estimate of drug-likeness (QED) is 0.370. The molecule has 0 spiro atoms. The Labute approximate surface area is 208 Å². The average Bonchev–Trinajstić information content (AvgIpc) is 3.34. The number of alkyl halides is 3. The van der Waals surface area contributed by atoms with Gasteiger partial charge in [-0.2, -0.15) is 18.3 Å². The first kappa shape index (κ1) is 25.5. The second-order valence-corrected chi connectivity index (χ2v) is 7.76. The van der Waals surface area contributed by atoms with Gasteiger partial charge >= 0.3 is 12.1 Å². The first-order valence-electron chi connectivity index (χ1n) is 10.8. The highest BCUT2D eigenvalue weighted by Gasteiger charge is 2.36. The zero-order valence-electron chi connectivity index (χ0n) is 19.9. The number of carbonyl (C=O) groups excluding carboxylic acids is 2. The van der Waals surface area contributed by atoms with Gasteiger partial charge in [-0.25, -0.2) is 14.3 Å². The molecule has 0 aliphatic heterocycles. The second-order valence-electron chi connectivity index (χ2n) is 7.76. The SMILES string of the molecule is COC(=O)c1ccc(CNC(=O)c2cnn3c(C(F)(F)F)cc(-c4ccc(OC)c(OC)c4)nc23)cc1. The molecule has 4 rings (SSSR count). The zero-order valence-corrected chi connectivity index (χ0v) is 19.9. The Balaban J connectivity index is 1.69. The smallest absolute Gasteiger partial charge is 0.433 e. The van der Waals surface area contributed by atoms with Crippen LogP contribution in [0.25, 0.3) is 16.9 Å². The number of methoxy groups -OCH3 is 3. The Morgan fingerprint density at radius 3 is 2.30 bits per heavy atom. The number of aromatic nitrogens is 3. The van der Waals surface area contributed by atoms with Crippen molar-refractivity contribution in [3.8, 4) is 22.8 Å². The number of carbonyl (C=O) groups is 2. The molecule has 0 fully saturated rings. The van der Waals surface area contributed by atoms with Gasteiger partial charge in [0.25, 0.3) is 5.91 Å². The normalized spacial score (nSPS) is 11.3. The van der Waals surface area contributed by atoms with Crippen molar-refractivity contribution >= 4 is 17.5 Å². The van der Waals surface area contributed by atoms with Gasteiger partial charge in [-0.15, -0.1) is 0 Å². The van der Waals surface area contributed by atoms with E-state index in [4.69, 9.17) is 9.47 Å². The number of hydrogen-bond donors (Lipinski definition) is 1. The van der Waals surface area contributed by atoms with Crippen molar-refractivity contribution in [2.75, 3.05) is 21.3 Å². The topological polar surface area (TPSA) is 104 Å². The van der Waals surface area contributed by atoms with E-state index in [-0.39, 0.29) is 23.4 Å². The number of ether oxygens (including phenoxy) is 3. The number of nitrogens with zero attached hydrogens (tertiary/aromatic N) is 3. The van der Waals surface area contributed by atoms with Crippen molar-refractivity contribution in [2.24, 2.45) is 0 Å². The zero-order chi connectivity index (χ0) is 26.7. The van der Waals surface area contributed by atoms with Gasteiger partial charge in [0, 0.05) is 12.1 Å². The van der Waals surface area contributed by atoms with Crippen LogP contribution in [0.1, 0.15) is 32.0 Å². The van der Waals surface area contributed by atoms with Gasteiger partial charge in [0.1, 0.15) is 5.56 Å². The second kappa shape index (κ2) is 10.2. The lowest BCUT2D eigenvalue weighted by Gasteiger charge is -2.13. The first-order valence-corrected chi connectivity index (χ1v) is 10.8. The van der Waals surface area contributed by atoms with E-state index in [1.807, 2.05) is 0 Å². The lowest BCUT2D eigenvalue weighted by Crippen LogP contribution is -2.23. The maximum absolute atomic E-state index is 13.9. The highest BCUT2D eigenvalue weighted by molar-refractivity contribution is 6.00. The summed E-state index contributed by atoms with van der Waals surface area (Å²) in [5.74, 6) is -0.469. The molecule has 1 amide bonds. The number of nitrogens with one attached hydrogen (secondary N) is 1. The Hall–Kier alpha value is -4.61. The molecule has 9 nitrogen and oxygen atoms in total. The molecule has 4 aromatic rings. The Kier molecular flexibility index (Phi) is 7.00. The molecular weight excluding hydrogens is 493 g/mol. The van der Waals surface area contributed by atoms with Gasteiger partial charge in [0.2, 0.25) is 0 Å². The van der Waals surface area contributed by atoms with Gasteiger partial charge in [0.05, 0.1) is 38.8 Å². The van der Waals surface area contributed by atoms with Gasteiger partial charge in [-0.1, -0.05) is 12.1 Å². The number of fused-ring (bicyclic) bond motifs is 1. The van der Waals surface area contributed by atoms with Crippen LogP contribution in [0.2, 0.25) is 0 Å². The standard InChI is InChI=1S/C25H21F3N4O5/c1-35-19-9-8-16(10-20(19)36-2)18-11-21(25(26,27)28)32-22(31-18)17(13-30-32)23(33)29-12-14-4-6-15(7-5-14)24(34)37-3/h4-11,13H,12H2,1-3H3,(H,29,33). The molecule has 0 unspecified atom stereocenters. The minimum atomic E-state index is -4.77. The summed E-state index contributed by atoms with van der Waals surface area (Å²) in [6.45, 7) is 0.0547. The summed E-state index contributed by atoms with van der Waals surface area (Å²) in [5, 5.41) is 6.42. The number of benzene rings is 2. The fourth-order valence-electron chi connectivity index (χ4n) is 3.62. The number of rotatable bonds is 7. The van der Waals surface area contributed by atoms with E-state index in [0.29, 0.717) is 32.7 Å². The third kappa shape index (κ3) is 5.17. The molecule has 2 aromatic carbocycles. The average molecular weight is 514 g/mol. The molecule has 0 saturated carbocycles. The van der Waals surface area contributed by atoms with Crippen LogP contribution in [0.3, 0.4) is 0 Å². The maximum atomic E-state index is 13.9. The largest absolute Gasteiger partial charge is 0.493 e. The summed E-state index contributed by atoms with van der Waals surface area (Å²) in [6, 6.07) is 11.7. The molecule has 37 heavy (non-hydrogen) atoms. The van der Waals surface area contributed by atoms with Crippen LogP contribution in [-0.4, -0.2) is 47.8 Å². The van der Waals surface area contributed by atoms with E-state index >= 15 is 0 Å². The van der Waals surface area contributed by atoms with Crippen LogP contribution in [-0.2, 0) is 17.5 Å². The van der Waals surface area contributed by atoms with E-state index in [1.54, 1.807) is 18.2 Å². The van der Waals surface area contributed by atoms with Crippen LogP contribution in [0.15, 0.2) is 54.7 Å². The van der Waals surface area contributed by atoms with Crippen LogP contribution < -0.4 is 14.8 Å². The summed E-state index contributed by atoms with van der Waals surface area (Å²) in [6.07, 6.45) is -3.74. The molecule has 0 aliphatic rings. The third-order valence-electron chi connectivity index (χ3n) is 5.51. The highest BCUT2D eigenvalue weighted by Crippen LogP contribution is 2.35. The molecule has 1 N–H and O–H groups in total. The van der Waals surface area contributed by atoms with E-state index in [9.17, 15) is 22.8 Å². The molecular formula is C25H21F3N4O5. The number of halogens is 3. The molecule has 0 radical (unpaired) electrons. The van der Waals surface area contributed by atoms with Crippen LogP contribution in [0, 0.1) is 0 Å². The van der Waals surface area contributed by atoms with Crippen molar-refractivity contribution in [3.05, 3.63) is 77.1 Å². The van der Waals surface area contributed by atoms with Crippen molar-refractivity contribution in [1.29, 1.82) is 0 Å². The molecule has 0 saturated heterocycles. The minimum Gasteiger partial charge on any atom is -0.493 e. The molecule has 0 atom stereocenters. The number of esters is 1. The van der Waals surface area contributed by atoms with E-state index < -0.39 is 23.7 Å². The summed E-state index contributed by atoms with van der Waals surface area (Å²) in [4.78, 5) is 28.8. The predicted molar refractivity (Wildman–Crippen MR) is 125 cm³/mol. The fraction of sp³-hybridized carbons (Fsp3) is 0.200. The number of hydrogen-bond acceptors (Lipinski definition) is 7. The molecule has 2 aromatic heterocycles. The molecule has 2 heterocycles. The molecule has 0 aliphatic carbocycles. The molecule has 12 heteroatoms. The van der Waals surface area contributed by atoms with Gasteiger partial charge in [0.15, 0.2) is 22.8 Å². The van der Waals surface area contributed by atoms with Crippen molar-refractivity contribution in [3.63, 3.8) is 0 Å². The Morgan fingerprint density at radius 2 is 1.68 bits per heavy atom. The molecule has 0 bridgehead atoms. The minimum absolute atomic E-state index is 0.0336. The van der Waals surface area contributed by atoms with Gasteiger partial charge < -0.3 is 19.5 Å². The van der Waals surface area contributed by atoms with Gasteiger partial charge in [-0.3, -0.25) is 4.79 Å². The van der Waals surface area contributed by atoms with Crippen LogP contribution >= 0.6 is 0 Å². The summed E-state index contributed by atoms with van der Waals surface area (Å²) >= 11 is 0. The van der Waals surface area contributed by atoms with Crippen molar-refractivity contribution in [2.45, 2.75) is 12.7 Å². The summed E-state index contributed by atoms with van der Waals surface area (Å²) < 4.78 is 57.4. The lowest BCUT2D eigenvalue weighted by molar-refractivity contribution is -0.142. The molecule has 192 valence electrons.